The maximum atomic E-state index is 13.6. The molecule has 2 saturated carbocycles. The van der Waals surface area contributed by atoms with Crippen molar-refractivity contribution in [2.24, 2.45) is 5.92 Å². The fourth-order valence-electron chi connectivity index (χ4n) is 6.80. The zero-order valence-corrected chi connectivity index (χ0v) is 32.9. The number of carbonyl (C=O) groups excluding carboxylic acids is 4. The minimum absolute atomic E-state index is 0.0100. The van der Waals surface area contributed by atoms with E-state index in [0.717, 1.165) is 101 Å². The third kappa shape index (κ3) is 11.2. The van der Waals surface area contributed by atoms with Crippen LogP contribution in [-0.4, -0.2) is 101 Å². The Hall–Kier alpha value is -5.83. The van der Waals surface area contributed by atoms with Gasteiger partial charge in [0.1, 0.15) is 17.7 Å². The lowest BCUT2D eigenvalue weighted by Crippen LogP contribution is -2.49. The largest absolute Gasteiger partial charge is 0.471 e. The number of alkyl carbamates (subject to hydrolysis) is 1. The Kier molecular flexibility index (Phi) is 14.2. The number of likely N-dealkylation sites (N-methyl/N-ethyl adjacent to an activating group) is 1. The van der Waals surface area contributed by atoms with Gasteiger partial charge >= 0.3 is 6.09 Å². The highest BCUT2D eigenvalue weighted by molar-refractivity contribution is 5.89. The average molecular weight is 780 g/mol. The van der Waals surface area contributed by atoms with Crippen LogP contribution in [0.2, 0.25) is 0 Å². The number of benzene rings is 2. The number of amides is 3. The van der Waals surface area contributed by atoms with Gasteiger partial charge in [-0.25, -0.2) is 19.7 Å². The molecule has 3 fully saturated rings. The number of H-pyrrole nitrogens is 2. The third-order valence-corrected chi connectivity index (χ3v) is 10.0. The van der Waals surface area contributed by atoms with Crippen molar-refractivity contribution in [3.05, 3.63) is 66.4 Å². The van der Waals surface area contributed by atoms with Gasteiger partial charge in [0, 0.05) is 36.0 Å². The molecule has 15 nitrogen and oxygen atoms in total. The van der Waals surface area contributed by atoms with Crippen LogP contribution in [0.15, 0.2) is 54.7 Å². The number of pyridine rings is 1. The second kappa shape index (κ2) is 19.9. The molecule has 2 aromatic carbocycles. The van der Waals surface area contributed by atoms with Crippen LogP contribution in [0.25, 0.3) is 44.5 Å². The van der Waals surface area contributed by atoms with Crippen LogP contribution in [0.5, 0.6) is 0 Å². The number of hydrogen-bond donors (Lipinski definition) is 5. The SMILES string of the molecule is C1CC1.CNCC(=O)NCCCCc1ncc(-c2ccc3nc(-c4ccc5nc(C6CCCN6C(=O)C(NC(=O)OC)C6CC6)[nH]c5c4)ccc3c2)[nH]1.COC=O. The Labute approximate surface area is 332 Å². The van der Waals surface area contributed by atoms with E-state index in [4.69, 9.17) is 19.5 Å². The van der Waals surface area contributed by atoms with E-state index in [1.165, 1.54) is 33.5 Å². The molecule has 5 N–H and O–H groups in total. The lowest BCUT2D eigenvalue weighted by molar-refractivity contribution is -0.135. The number of nitrogens with zero attached hydrogens (tertiary/aromatic N) is 4. The Morgan fingerprint density at radius 2 is 1.70 bits per heavy atom. The van der Waals surface area contributed by atoms with E-state index < -0.39 is 12.1 Å². The van der Waals surface area contributed by atoms with E-state index in [1.54, 1.807) is 7.05 Å². The minimum Gasteiger partial charge on any atom is -0.471 e. The van der Waals surface area contributed by atoms with Gasteiger partial charge in [-0.05, 0) is 81.8 Å². The Balaban J connectivity index is 0.000000719. The number of nitrogens with one attached hydrogen (secondary N) is 5. The van der Waals surface area contributed by atoms with Gasteiger partial charge in [0.2, 0.25) is 11.8 Å². The zero-order chi connectivity index (χ0) is 40.1. The molecule has 5 aromatic rings. The summed E-state index contributed by atoms with van der Waals surface area (Å²) in [5, 5.41) is 9.54. The second-order valence-electron chi connectivity index (χ2n) is 14.6. The number of imidazole rings is 2. The summed E-state index contributed by atoms with van der Waals surface area (Å²) in [5.74, 6) is 1.77. The molecule has 4 heterocycles. The molecular formula is C42H53N9O6. The lowest BCUT2D eigenvalue weighted by atomic mass is 10.1. The third-order valence-electron chi connectivity index (χ3n) is 10.0. The smallest absolute Gasteiger partial charge is 0.407 e. The zero-order valence-electron chi connectivity index (χ0n) is 32.9. The molecule has 8 rings (SSSR count). The van der Waals surface area contributed by atoms with Gasteiger partial charge in [-0.1, -0.05) is 37.5 Å². The first-order valence-electron chi connectivity index (χ1n) is 19.8. The van der Waals surface area contributed by atoms with Crippen LogP contribution in [0.4, 0.5) is 4.79 Å². The Morgan fingerprint density at radius 1 is 0.930 bits per heavy atom. The van der Waals surface area contributed by atoms with Crippen molar-refractivity contribution in [2.75, 3.05) is 40.9 Å². The van der Waals surface area contributed by atoms with Gasteiger partial charge < -0.3 is 40.3 Å². The number of hydrogen-bond acceptors (Lipinski definition) is 10. The summed E-state index contributed by atoms with van der Waals surface area (Å²) in [6.45, 7) is 1.99. The second-order valence-corrected chi connectivity index (χ2v) is 14.6. The molecule has 3 aliphatic rings. The topological polar surface area (TPSA) is 196 Å². The number of likely N-dealkylation sites (tertiary alicyclic amines) is 1. The summed E-state index contributed by atoms with van der Waals surface area (Å²) < 4.78 is 8.65. The molecule has 1 aliphatic heterocycles. The van der Waals surface area contributed by atoms with Gasteiger partial charge in [-0.15, -0.1) is 0 Å². The predicted octanol–water partition coefficient (Wildman–Crippen LogP) is 5.58. The molecule has 57 heavy (non-hydrogen) atoms. The van der Waals surface area contributed by atoms with Crippen molar-refractivity contribution >= 4 is 46.3 Å². The van der Waals surface area contributed by atoms with Crippen LogP contribution in [0.3, 0.4) is 0 Å². The number of fused-ring (bicyclic) bond motifs is 2. The van der Waals surface area contributed by atoms with Crippen molar-refractivity contribution in [1.82, 2.24) is 45.8 Å². The highest BCUT2D eigenvalue weighted by Crippen LogP contribution is 2.38. The molecule has 2 atom stereocenters. The molecule has 3 amide bonds. The normalized spacial score (nSPS) is 16.1. The number of carbonyl (C=O) groups is 4. The number of aromatic amines is 2. The van der Waals surface area contributed by atoms with Crippen LogP contribution in [0, 0.1) is 5.92 Å². The molecular weight excluding hydrogens is 727 g/mol. The highest BCUT2D eigenvalue weighted by Gasteiger charge is 2.43. The molecule has 15 heteroatoms. The highest BCUT2D eigenvalue weighted by atomic mass is 16.5. The minimum atomic E-state index is -0.579. The number of methoxy groups -OCH3 is 2. The first-order chi connectivity index (χ1) is 27.8. The van der Waals surface area contributed by atoms with Crippen LogP contribution >= 0.6 is 0 Å². The fraction of sp³-hybridized carbons (Fsp3) is 0.452. The molecule has 0 bridgehead atoms. The monoisotopic (exact) mass is 779 g/mol. The molecule has 2 unspecified atom stereocenters. The van der Waals surface area contributed by atoms with Gasteiger partial charge in [-0.2, -0.15) is 0 Å². The van der Waals surface area contributed by atoms with Crippen LogP contribution in [0.1, 0.15) is 75.5 Å². The van der Waals surface area contributed by atoms with Gasteiger partial charge in [-0.3, -0.25) is 14.4 Å². The van der Waals surface area contributed by atoms with Crippen molar-refractivity contribution in [2.45, 2.75) is 76.3 Å². The van der Waals surface area contributed by atoms with Crippen molar-refractivity contribution in [1.29, 1.82) is 0 Å². The number of unbranched alkanes of at least 4 members (excludes halogenated alkanes) is 1. The number of aromatic nitrogens is 5. The van der Waals surface area contributed by atoms with E-state index in [9.17, 15) is 14.4 Å². The quantitative estimate of drug-likeness (QED) is 0.0701. The number of ether oxygens (including phenoxy) is 2. The van der Waals surface area contributed by atoms with Crippen molar-refractivity contribution in [3.63, 3.8) is 0 Å². The summed E-state index contributed by atoms with van der Waals surface area (Å²) in [6.07, 6.45) is 11.9. The maximum Gasteiger partial charge on any atom is 0.407 e. The maximum absolute atomic E-state index is 13.6. The summed E-state index contributed by atoms with van der Waals surface area (Å²) >= 11 is 0. The summed E-state index contributed by atoms with van der Waals surface area (Å²) in [6, 6.07) is 15.6. The molecule has 0 radical (unpaired) electrons. The molecule has 1 saturated heterocycles. The Morgan fingerprint density at radius 3 is 2.42 bits per heavy atom. The molecule has 3 aromatic heterocycles. The van der Waals surface area contributed by atoms with Gasteiger partial charge in [0.05, 0.1) is 60.9 Å². The van der Waals surface area contributed by atoms with E-state index >= 15 is 0 Å². The number of aryl methyl sites for hydroxylation is 1. The summed E-state index contributed by atoms with van der Waals surface area (Å²) in [7, 11) is 4.38. The summed E-state index contributed by atoms with van der Waals surface area (Å²) in [5.41, 5.74) is 6.42. The van der Waals surface area contributed by atoms with Crippen LogP contribution in [-0.2, 0) is 30.3 Å². The van der Waals surface area contributed by atoms with Crippen molar-refractivity contribution in [3.8, 4) is 22.5 Å². The first kappa shape index (κ1) is 40.8. The average Bonchev–Trinajstić information content (AvgIpc) is 4.16. The van der Waals surface area contributed by atoms with Gasteiger partial charge in [0.25, 0.3) is 6.47 Å². The fourth-order valence-corrected chi connectivity index (χ4v) is 6.80. The van der Waals surface area contributed by atoms with E-state index in [1.807, 2.05) is 35.4 Å². The van der Waals surface area contributed by atoms with Crippen molar-refractivity contribution < 1.29 is 28.7 Å². The van der Waals surface area contributed by atoms with E-state index in [-0.39, 0.29) is 23.8 Å². The standard InChI is InChI=1S/C37H43N9O4.C3H6.C2H4O2/c1-38-21-33(47)39-16-4-3-7-32-40-20-30(42-32)24-11-14-26-23(18-24)10-13-27(41-26)25-12-15-28-29(19-25)44-35(43-28)31-6-5-17-46(31)36(48)34(22-8-9-22)45-37(49)50-2;1-2-3-1;1-4-2-3/h10-15,18-20,22,31,34,38H,3-9,16-17,21H2,1-2H3,(H,39,47)(H,40,42)(H,43,44)(H,45,49);1-3H2;2H,1H3. The lowest BCUT2D eigenvalue weighted by Gasteiger charge is -2.28. The first-order valence-corrected chi connectivity index (χ1v) is 19.8. The Bertz CT molecular complexity index is 2140. The van der Waals surface area contributed by atoms with Crippen LogP contribution < -0.4 is 16.0 Å². The molecule has 0 spiro atoms. The molecule has 302 valence electrons. The predicted molar refractivity (Wildman–Crippen MR) is 217 cm³/mol. The van der Waals surface area contributed by atoms with Gasteiger partial charge in [0.15, 0.2) is 0 Å². The molecule has 2 aliphatic carbocycles. The summed E-state index contributed by atoms with van der Waals surface area (Å²) in [4.78, 5) is 69.3. The van der Waals surface area contributed by atoms with E-state index in [2.05, 4.69) is 59.9 Å². The van der Waals surface area contributed by atoms with E-state index in [0.29, 0.717) is 26.1 Å². The number of rotatable bonds is 14.